The van der Waals surface area contributed by atoms with Crippen LogP contribution in [-0.4, -0.2) is 74.4 Å². The number of cyclic esters (lactones) is 1. The normalized spacial score (nSPS) is 18.8. The fourth-order valence-electron chi connectivity index (χ4n) is 3.85. The molecule has 2 aromatic rings. The molecule has 1 aromatic heterocycles. The van der Waals surface area contributed by atoms with Gasteiger partial charge < -0.3 is 19.3 Å². The number of anilines is 2. The lowest BCUT2D eigenvalue weighted by atomic mass is 10.1. The van der Waals surface area contributed by atoms with E-state index in [9.17, 15) is 14.0 Å². The molecule has 2 amide bonds. The zero-order valence-electron chi connectivity index (χ0n) is 17.3. The topological polar surface area (TPSA) is 75.2 Å². The van der Waals surface area contributed by atoms with Crippen LogP contribution in [0.15, 0.2) is 30.5 Å². The average Bonchev–Trinajstić information content (AvgIpc) is 3.14. The maximum atomic E-state index is 14.9. The Labute approximate surface area is 194 Å². The van der Waals surface area contributed by atoms with Crippen LogP contribution in [0.5, 0.6) is 0 Å². The fraction of sp³-hybridized carbons (Fsp3) is 0.381. The van der Waals surface area contributed by atoms with Gasteiger partial charge in [0.25, 0.3) is 5.91 Å². The van der Waals surface area contributed by atoms with Crippen LogP contribution < -0.4 is 9.80 Å². The maximum absolute atomic E-state index is 14.9. The fourth-order valence-corrected chi connectivity index (χ4v) is 4.35. The summed E-state index contributed by atoms with van der Waals surface area (Å²) in [5.41, 5.74) is 0.262. The smallest absolute Gasteiger partial charge is 0.414 e. The SMILES string of the molecule is COC[C@@H]1COC(=O)N1c1ccc(C(=O)N2CCN(c3ncc(Cl)cc3Cl)CC2)c(F)c1. The third-order valence-electron chi connectivity index (χ3n) is 5.44. The molecule has 8 nitrogen and oxygen atoms in total. The van der Waals surface area contributed by atoms with Gasteiger partial charge in [0.2, 0.25) is 0 Å². The third kappa shape index (κ3) is 4.46. The minimum absolute atomic E-state index is 0.0549. The van der Waals surface area contributed by atoms with Crippen molar-refractivity contribution in [2.75, 3.05) is 56.3 Å². The molecule has 2 aliphatic rings. The highest BCUT2D eigenvalue weighted by molar-refractivity contribution is 6.36. The number of ether oxygens (including phenoxy) is 2. The molecule has 2 aliphatic heterocycles. The molecule has 32 heavy (non-hydrogen) atoms. The van der Waals surface area contributed by atoms with Crippen molar-refractivity contribution in [1.29, 1.82) is 0 Å². The number of benzene rings is 1. The number of nitrogens with zero attached hydrogens (tertiary/aromatic N) is 4. The maximum Gasteiger partial charge on any atom is 0.414 e. The van der Waals surface area contributed by atoms with E-state index in [0.29, 0.717) is 47.7 Å². The summed E-state index contributed by atoms with van der Waals surface area (Å²) in [6.45, 7) is 2.18. The quantitative estimate of drug-likeness (QED) is 0.649. The van der Waals surface area contributed by atoms with Crippen LogP contribution >= 0.6 is 23.2 Å². The first-order valence-electron chi connectivity index (χ1n) is 9.98. The standard InChI is InChI=1S/C21H21Cl2FN4O4/c1-31-11-15-12-32-21(30)28(15)14-2-3-16(18(24)9-14)20(29)27-6-4-26(5-7-27)19-17(23)8-13(22)10-25-19/h2-3,8-10,15H,4-7,11-12H2,1H3/t15-/m1/s1. The zero-order chi connectivity index (χ0) is 22.8. The highest BCUT2D eigenvalue weighted by Gasteiger charge is 2.35. The summed E-state index contributed by atoms with van der Waals surface area (Å²) in [5.74, 6) is -0.517. The van der Waals surface area contributed by atoms with Gasteiger partial charge in [-0.1, -0.05) is 23.2 Å². The molecule has 11 heteroatoms. The van der Waals surface area contributed by atoms with Crippen LogP contribution in [0.2, 0.25) is 10.0 Å². The molecule has 170 valence electrons. The lowest BCUT2D eigenvalue weighted by Gasteiger charge is -2.35. The van der Waals surface area contributed by atoms with E-state index in [1.54, 1.807) is 17.0 Å². The van der Waals surface area contributed by atoms with E-state index in [4.69, 9.17) is 32.7 Å². The first kappa shape index (κ1) is 22.6. The third-order valence-corrected chi connectivity index (χ3v) is 5.92. The first-order chi connectivity index (χ1) is 15.4. The second kappa shape index (κ2) is 9.48. The van der Waals surface area contributed by atoms with Crippen LogP contribution in [0.1, 0.15) is 10.4 Å². The molecule has 2 fully saturated rings. The Morgan fingerprint density at radius 1 is 1.25 bits per heavy atom. The number of rotatable bonds is 5. The number of pyridine rings is 1. The Balaban J connectivity index is 1.44. The summed E-state index contributed by atoms with van der Waals surface area (Å²) in [6, 6.07) is 5.38. The van der Waals surface area contributed by atoms with E-state index in [1.807, 2.05) is 4.90 Å². The van der Waals surface area contributed by atoms with Crippen molar-refractivity contribution < 1.29 is 23.5 Å². The molecule has 0 saturated carbocycles. The minimum Gasteiger partial charge on any atom is -0.447 e. The molecule has 0 aliphatic carbocycles. The minimum atomic E-state index is -0.701. The molecule has 2 saturated heterocycles. The molecule has 0 bridgehead atoms. The Kier molecular flexibility index (Phi) is 6.68. The molecule has 1 aromatic carbocycles. The lowest BCUT2D eigenvalue weighted by Crippen LogP contribution is -2.49. The number of methoxy groups -OCH3 is 1. The van der Waals surface area contributed by atoms with E-state index in [2.05, 4.69) is 4.98 Å². The summed E-state index contributed by atoms with van der Waals surface area (Å²) in [5, 5.41) is 0.883. The number of carbonyl (C=O) groups excluding carboxylic acids is 2. The van der Waals surface area contributed by atoms with E-state index >= 15 is 0 Å². The average molecular weight is 483 g/mol. The highest BCUT2D eigenvalue weighted by Crippen LogP contribution is 2.28. The van der Waals surface area contributed by atoms with E-state index in [-0.39, 0.29) is 24.8 Å². The number of aromatic nitrogens is 1. The van der Waals surface area contributed by atoms with Crippen molar-refractivity contribution in [3.8, 4) is 0 Å². The molecule has 0 radical (unpaired) electrons. The summed E-state index contributed by atoms with van der Waals surface area (Å²) in [4.78, 5) is 34.1. The molecule has 0 spiro atoms. The van der Waals surface area contributed by atoms with Crippen molar-refractivity contribution in [3.05, 3.63) is 51.9 Å². The van der Waals surface area contributed by atoms with Gasteiger partial charge in [-0.3, -0.25) is 9.69 Å². The van der Waals surface area contributed by atoms with Crippen molar-refractivity contribution in [3.63, 3.8) is 0 Å². The predicted octanol–water partition coefficient (Wildman–Crippen LogP) is 3.46. The first-order valence-corrected chi connectivity index (χ1v) is 10.7. The Morgan fingerprint density at radius 2 is 2.00 bits per heavy atom. The van der Waals surface area contributed by atoms with Gasteiger partial charge in [0, 0.05) is 39.5 Å². The Hall–Kier alpha value is -2.62. The monoisotopic (exact) mass is 482 g/mol. The molecular weight excluding hydrogens is 462 g/mol. The lowest BCUT2D eigenvalue weighted by molar-refractivity contribution is 0.0742. The second-order valence-corrected chi connectivity index (χ2v) is 8.30. The van der Waals surface area contributed by atoms with Crippen LogP contribution in [0.25, 0.3) is 0 Å². The van der Waals surface area contributed by atoms with E-state index < -0.39 is 17.8 Å². The molecule has 0 unspecified atom stereocenters. The summed E-state index contributed by atoms with van der Waals surface area (Å²) >= 11 is 12.1. The largest absolute Gasteiger partial charge is 0.447 e. The molecule has 0 N–H and O–H groups in total. The number of hydrogen-bond donors (Lipinski definition) is 0. The summed E-state index contributed by atoms with van der Waals surface area (Å²) in [6.07, 6.45) is 0.945. The van der Waals surface area contributed by atoms with Crippen molar-refractivity contribution in [2.24, 2.45) is 0 Å². The van der Waals surface area contributed by atoms with Crippen molar-refractivity contribution in [1.82, 2.24) is 9.88 Å². The number of piperazine rings is 1. The van der Waals surface area contributed by atoms with Crippen LogP contribution in [-0.2, 0) is 9.47 Å². The number of carbonyl (C=O) groups is 2. The van der Waals surface area contributed by atoms with Gasteiger partial charge in [0.05, 0.1) is 33.9 Å². The van der Waals surface area contributed by atoms with Gasteiger partial charge in [0.1, 0.15) is 18.2 Å². The van der Waals surface area contributed by atoms with E-state index in [0.717, 1.165) is 0 Å². The molecule has 3 heterocycles. The van der Waals surface area contributed by atoms with Crippen LogP contribution in [0.3, 0.4) is 0 Å². The summed E-state index contributed by atoms with van der Waals surface area (Å²) < 4.78 is 25.0. The highest BCUT2D eigenvalue weighted by atomic mass is 35.5. The number of halogens is 3. The van der Waals surface area contributed by atoms with Crippen LogP contribution in [0.4, 0.5) is 20.7 Å². The number of hydrogen-bond acceptors (Lipinski definition) is 6. The molecular formula is C21H21Cl2FN4O4. The molecule has 1 atom stereocenters. The predicted molar refractivity (Wildman–Crippen MR) is 118 cm³/mol. The van der Waals surface area contributed by atoms with Crippen molar-refractivity contribution in [2.45, 2.75) is 6.04 Å². The van der Waals surface area contributed by atoms with Gasteiger partial charge in [-0.05, 0) is 24.3 Å². The Morgan fingerprint density at radius 3 is 2.66 bits per heavy atom. The van der Waals surface area contributed by atoms with Crippen molar-refractivity contribution >= 4 is 46.7 Å². The second-order valence-electron chi connectivity index (χ2n) is 7.46. The summed E-state index contributed by atoms with van der Waals surface area (Å²) in [7, 11) is 1.51. The van der Waals surface area contributed by atoms with Gasteiger partial charge >= 0.3 is 6.09 Å². The van der Waals surface area contributed by atoms with Crippen LogP contribution in [0, 0.1) is 5.82 Å². The molecule has 4 rings (SSSR count). The van der Waals surface area contributed by atoms with Gasteiger partial charge in [-0.15, -0.1) is 0 Å². The Bertz CT molecular complexity index is 1030. The zero-order valence-corrected chi connectivity index (χ0v) is 18.8. The van der Waals surface area contributed by atoms with Gasteiger partial charge in [0.15, 0.2) is 0 Å². The van der Waals surface area contributed by atoms with Gasteiger partial charge in [-0.2, -0.15) is 0 Å². The van der Waals surface area contributed by atoms with Gasteiger partial charge in [-0.25, -0.2) is 14.2 Å². The van der Waals surface area contributed by atoms with E-state index in [1.165, 1.54) is 30.3 Å². The number of amides is 2.